The molecule has 0 radical (unpaired) electrons. The molecule has 16 heteroatoms. The Hall–Kier alpha value is -3.19. The van der Waals surface area contributed by atoms with Gasteiger partial charge in [0.15, 0.2) is 14.1 Å². The van der Waals surface area contributed by atoms with Crippen molar-refractivity contribution in [3.63, 3.8) is 0 Å². The van der Waals surface area contributed by atoms with Gasteiger partial charge in [-0.05, 0) is 125 Å². The van der Waals surface area contributed by atoms with Crippen LogP contribution in [0.2, 0.25) is 18.1 Å². The van der Waals surface area contributed by atoms with E-state index in [2.05, 4.69) is 0 Å². The molecular formula is C59H97NO14Si. The molecule has 2 saturated heterocycles. The molecule has 0 aromatic heterocycles. The zero-order valence-corrected chi connectivity index (χ0v) is 49.0. The molecule has 0 aromatic rings. The smallest absolute Gasteiger partial charge is 0.329 e. The third-order valence-electron chi connectivity index (χ3n) is 16.8. The van der Waals surface area contributed by atoms with Crippen LogP contribution in [0.25, 0.3) is 0 Å². The number of piperidine rings is 1. The van der Waals surface area contributed by atoms with Crippen LogP contribution in [0, 0.1) is 35.5 Å². The molecule has 1 saturated carbocycles. The first-order valence-electron chi connectivity index (χ1n) is 29.5. The largest absolute Gasteiger partial charge is 0.460 e. The second-order valence-electron chi connectivity index (χ2n) is 23.7. The van der Waals surface area contributed by atoms with Gasteiger partial charge in [-0.3, -0.25) is 19.2 Å². The Bertz CT molecular complexity index is 2210. The molecule has 426 valence electrons. The van der Waals surface area contributed by atoms with E-state index in [1.54, 1.807) is 40.9 Å². The van der Waals surface area contributed by atoms with Crippen molar-refractivity contribution in [1.82, 2.24) is 4.90 Å². The Labute approximate surface area is 456 Å². The maximum absolute atomic E-state index is 14.7. The summed E-state index contributed by atoms with van der Waals surface area (Å²) in [5.41, 5.74) is 1.20. The number of ketones is 3. The Morgan fingerprint density at radius 2 is 1.57 bits per heavy atom. The third-order valence-corrected chi connectivity index (χ3v) is 21.0. The highest BCUT2D eigenvalue weighted by Crippen LogP contribution is 2.39. The number of hydrogen-bond donors (Lipinski definition) is 2. The van der Waals surface area contributed by atoms with Gasteiger partial charge >= 0.3 is 5.97 Å². The Morgan fingerprint density at radius 3 is 2.23 bits per heavy atom. The van der Waals surface area contributed by atoms with Crippen LogP contribution in [0.4, 0.5) is 0 Å². The first-order chi connectivity index (χ1) is 36.6. The fourth-order valence-corrected chi connectivity index (χ4v) is 11.2. The molecule has 2 bridgehead atoms. The first-order valence-corrected chi connectivity index (χ1v) is 30.4. The molecule has 75 heavy (non-hydrogen) atoms. The zero-order valence-electron chi connectivity index (χ0n) is 52.0. The Morgan fingerprint density at radius 1 is 0.867 bits per heavy atom. The van der Waals surface area contributed by atoms with Crippen molar-refractivity contribution < 1.29 is 72.5 Å². The van der Waals surface area contributed by atoms with Gasteiger partial charge in [0.05, 0.1) is 43.0 Å². The van der Waals surface area contributed by atoms with E-state index in [9.17, 15) is 34.2 Å². The van der Waals surface area contributed by atoms with Crippen molar-refractivity contribution in [2.75, 3.05) is 41.0 Å². The number of methoxy groups -OCH3 is 3. The molecule has 1 amide bonds. The molecular weight excluding hydrogens is 975 g/mol. The average molecular weight is 1080 g/mol. The van der Waals surface area contributed by atoms with Crippen molar-refractivity contribution in [1.29, 1.82) is 0 Å². The lowest BCUT2D eigenvalue weighted by atomic mass is 9.78. The molecule has 4 rings (SSSR count). The van der Waals surface area contributed by atoms with E-state index in [0.717, 1.165) is 10.5 Å². The van der Waals surface area contributed by atoms with Crippen LogP contribution in [0.15, 0.2) is 47.6 Å². The lowest BCUT2D eigenvalue weighted by Gasteiger charge is -2.42. The van der Waals surface area contributed by atoms with Gasteiger partial charge in [0.1, 0.15) is 30.1 Å². The molecule has 0 unspecified atom stereocenters. The van der Waals surface area contributed by atoms with Crippen molar-refractivity contribution in [3.05, 3.63) is 47.6 Å². The number of carbonyl (C=O) groups is 5. The highest BCUT2D eigenvalue weighted by atomic mass is 28.4. The fraction of sp³-hybridized carbons (Fsp3) is 0.780. The summed E-state index contributed by atoms with van der Waals surface area (Å²) in [6.45, 7) is 16.4. The minimum atomic E-state index is -2.83. The highest BCUT2D eigenvalue weighted by Gasteiger charge is 2.53. The number of allylic oxidation sites excluding steroid dienone is 6. The van der Waals surface area contributed by atoms with E-state index >= 15 is 0 Å². The number of cyclic esters (lactones) is 1. The fourth-order valence-electron chi connectivity index (χ4n) is 10.6. The molecule has 1 aliphatic carbocycles. The van der Waals surface area contributed by atoms with Gasteiger partial charge < -0.3 is 48.0 Å². The van der Waals surface area contributed by atoms with Gasteiger partial charge in [-0.1, -0.05) is 91.8 Å². The van der Waals surface area contributed by atoms with Crippen LogP contribution in [0.3, 0.4) is 0 Å². The lowest BCUT2D eigenvalue weighted by molar-refractivity contribution is -0.265. The van der Waals surface area contributed by atoms with Gasteiger partial charge in [-0.2, -0.15) is 0 Å². The summed E-state index contributed by atoms with van der Waals surface area (Å²) in [6.07, 6.45) is 9.05. The molecule has 3 aliphatic heterocycles. The van der Waals surface area contributed by atoms with Crippen molar-refractivity contribution in [2.45, 2.75) is 219 Å². The molecule has 3 heterocycles. The van der Waals surface area contributed by atoms with Gasteiger partial charge in [-0.25, -0.2) is 4.79 Å². The van der Waals surface area contributed by atoms with Crippen molar-refractivity contribution in [3.8, 4) is 0 Å². The Balaban J connectivity index is 1.69. The normalized spacial score (nSPS) is 38.3. The predicted molar refractivity (Wildman–Crippen MR) is 292 cm³/mol. The van der Waals surface area contributed by atoms with Crippen LogP contribution >= 0.6 is 0 Å². The standard InChI is InChI=1S/C59H97NO14Si/c1-37-21-17-16-18-22-38(2)49(68-11)35-45-26-24-43(7)59(67,74-45)55(64)56(65)60-28-20-19-23-46(60)57(66)73-50(36-47(61)39(3)32-42(6)53(63)54(70-13)52(62)41(5)31-37)40(4)33-44-25-27-48(51(34-44)69-12)71-29-30-72-75(14,15)58(8,9)10/h16-18,21-22,32,37,39-41,43-46,48-51,53-54,63,67H,19-20,23-31,33-36H2,1-15H3/b18-16+,21-17+,38-22+,42-32+/t37-,39-,40-,41-,43-,44+,45+,46+,48-,49-,50+,51-,53-,54+,59-/m1/s1/i29D2,30D2. The van der Waals surface area contributed by atoms with E-state index in [-0.39, 0.29) is 49.2 Å². The zero-order chi connectivity index (χ0) is 59.6. The van der Waals surface area contributed by atoms with Crippen LogP contribution < -0.4 is 0 Å². The van der Waals surface area contributed by atoms with Gasteiger partial charge in [0.25, 0.3) is 11.7 Å². The van der Waals surface area contributed by atoms with E-state index in [4.69, 9.17) is 38.3 Å². The molecule has 0 spiro atoms. The topological polar surface area (TPSA) is 194 Å². The van der Waals surface area contributed by atoms with Crippen LogP contribution in [-0.4, -0.2) is 148 Å². The van der Waals surface area contributed by atoms with E-state index < -0.39 is 122 Å². The summed E-state index contributed by atoms with van der Waals surface area (Å²) in [4.78, 5) is 72.9. The van der Waals surface area contributed by atoms with Crippen LogP contribution in [-0.2, 0) is 56.8 Å². The number of aliphatic hydroxyl groups is 2. The second-order valence-corrected chi connectivity index (χ2v) is 28.5. The number of carbonyl (C=O) groups excluding carboxylic acids is 5. The molecule has 15 nitrogen and oxygen atoms in total. The summed E-state index contributed by atoms with van der Waals surface area (Å²) in [7, 11) is 1.64. The third kappa shape index (κ3) is 17.7. The van der Waals surface area contributed by atoms with E-state index in [1.807, 2.05) is 85.0 Å². The molecule has 0 aromatic carbocycles. The SMILES string of the molecule is [2H]C([2H])(O[C@@H]1CC[C@@H](C[C@@H](C)[C@@H]2CC(=O)[C@H](C)/C=C(\C)[C@@H](O)[C@@H](OC)C(=O)[C@H](C)C[C@H](C)/C=C/C=C/C=C(\C)[C@H](OC)C[C@@H]3CC[C@@H](C)[C@@](O)(O3)C(=O)C(=O)N3CCCC[C@H]3C(=O)O2)C[C@H]1OC)C([2H])([2H])O[Si](C)(C)C(C)(C)C. The highest BCUT2D eigenvalue weighted by molar-refractivity contribution is 6.74. The van der Waals surface area contributed by atoms with Gasteiger partial charge in [0.2, 0.25) is 5.79 Å². The number of amides is 1. The minimum absolute atomic E-state index is 0.0138. The Kier molecular flexibility index (Phi) is 22.5. The first kappa shape index (κ1) is 58.0. The number of fused-ring (bicyclic) bond motifs is 3. The summed E-state index contributed by atoms with van der Waals surface area (Å²) in [5.74, 6) is -8.82. The predicted octanol–water partition coefficient (Wildman–Crippen LogP) is 9.23. The molecule has 2 N–H and O–H groups in total. The second kappa shape index (κ2) is 29.1. The maximum atomic E-state index is 14.7. The van der Waals surface area contributed by atoms with Crippen LogP contribution in [0.5, 0.6) is 0 Å². The van der Waals surface area contributed by atoms with Gasteiger partial charge in [-0.15, -0.1) is 0 Å². The summed E-state index contributed by atoms with van der Waals surface area (Å²) in [6, 6.07) is -1.22. The summed E-state index contributed by atoms with van der Waals surface area (Å²) >= 11 is 0. The lowest BCUT2D eigenvalue weighted by Crippen LogP contribution is -2.61. The number of ether oxygens (including phenoxy) is 6. The molecule has 3 fully saturated rings. The average Bonchev–Trinajstić information content (AvgIpc) is 3.44. The van der Waals surface area contributed by atoms with Crippen molar-refractivity contribution in [2.24, 2.45) is 35.5 Å². The number of Topliss-reactive ketones (excluding diaryl/α,β-unsaturated/α-hetero) is 3. The molecule has 4 aliphatic rings. The van der Waals surface area contributed by atoms with Crippen LogP contribution in [0.1, 0.15) is 152 Å². The number of rotatable bonds is 11. The molecule has 15 atom stereocenters. The number of nitrogens with zero attached hydrogens (tertiary/aromatic N) is 1. The number of esters is 1. The monoisotopic (exact) mass is 1080 g/mol. The van der Waals surface area contributed by atoms with E-state index in [1.165, 1.54) is 14.2 Å². The maximum Gasteiger partial charge on any atom is 0.329 e. The van der Waals surface area contributed by atoms with Crippen molar-refractivity contribution >= 4 is 37.5 Å². The minimum Gasteiger partial charge on any atom is -0.460 e. The summed E-state index contributed by atoms with van der Waals surface area (Å²) in [5, 5.41) is 23.2. The number of hydrogen-bond acceptors (Lipinski definition) is 14. The summed E-state index contributed by atoms with van der Waals surface area (Å²) < 4.78 is 76.6. The quantitative estimate of drug-likeness (QED) is 0.0861. The van der Waals surface area contributed by atoms with E-state index in [0.29, 0.717) is 63.4 Å². The number of aliphatic hydroxyl groups excluding tert-OH is 1. The van der Waals surface area contributed by atoms with Gasteiger partial charge in [0, 0.05) is 58.5 Å².